The quantitative estimate of drug-likeness (QED) is 0.580. The van der Waals surface area contributed by atoms with Crippen LogP contribution in [0.3, 0.4) is 0 Å². The fourth-order valence-electron chi connectivity index (χ4n) is 1.75. The predicted octanol–water partition coefficient (Wildman–Crippen LogP) is 3.90. The minimum atomic E-state index is -0.981. The molecule has 0 atom stereocenters. The second-order valence-electron chi connectivity index (χ2n) is 6.85. The molecule has 0 N–H and O–H groups in total. The van der Waals surface area contributed by atoms with Crippen molar-refractivity contribution in [2.75, 3.05) is 0 Å². The Balaban J connectivity index is 0.000000324. The Labute approximate surface area is 131 Å². The summed E-state index contributed by atoms with van der Waals surface area (Å²) in [4.78, 5) is 0. The first-order valence-electron chi connectivity index (χ1n) is 6.65. The maximum absolute atomic E-state index is 2.36. The molecule has 0 saturated heterocycles. The maximum atomic E-state index is 2.36. The van der Waals surface area contributed by atoms with E-state index in [1.54, 1.807) is 10.4 Å². The van der Waals surface area contributed by atoms with Crippen LogP contribution in [-0.4, -0.2) is 16.1 Å². The SMILES string of the molecule is C[Si](C)(C)[c-]1cccc1.C[Si](C)(C)[c-]1cccc1.[Cr+2]. The minimum absolute atomic E-state index is 0. The molecule has 0 aliphatic heterocycles. The Morgan fingerprint density at radius 2 is 0.737 bits per heavy atom. The number of hydrogen-bond donors (Lipinski definition) is 0. The van der Waals surface area contributed by atoms with E-state index in [0.717, 1.165) is 0 Å². The Kier molecular flexibility index (Phi) is 7.32. The van der Waals surface area contributed by atoms with E-state index < -0.39 is 16.1 Å². The van der Waals surface area contributed by atoms with Gasteiger partial charge in [-0.05, 0) is 0 Å². The van der Waals surface area contributed by atoms with E-state index in [-0.39, 0.29) is 17.4 Å². The van der Waals surface area contributed by atoms with Crippen LogP contribution >= 0.6 is 0 Å². The summed E-state index contributed by atoms with van der Waals surface area (Å²) in [5, 5.41) is 3.12. The van der Waals surface area contributed by atoms with E-state index in [1.165, 1.54) is 0 Å². The zero-order chi connectivity index (χ0) is 13.8. The predicted molar refractivity (Wildman–Crippen MR) is 90.0 cm³/mol. The molecule has 0 heterocycles. The monoisotopic (exact) mass is 326 g/mol. The van der Waals surface area contributed by atoms with Crippen LogP contribution in [0.2, 0.25) is 39.3 Å². The fourth-order valence-corrected chi connectivity index (χ4v) is 4.13. The van der Waals surface area contributed by atoms with E-state index in [1.807, 2.05) is 0 Å². The van der Waals surface area contributed by atoms with Crippen molar-refractivity contribution in [3.8, 4) is 0 Å². The summed E-state index contributed by atoms with van der Waals surface area (Å²) < 4.78 is 0. The third kappa shape index (κ3) is 6.58. The molecular formula is C16H26CrSi2. The van der Waals surface area contributed by atoms with Crippen molar-refractivity contribution in [3.05, 3.63) is 48.5 Å². The van der Waals surface area contributed by atoms with Crippen LogP contribution in [-0.2, 0) is 17.4 Å². The third-order valence-electron chi connectivity index (χ3n) is 3.06. The van der Waals surface area contributed by atoms with Crippen LogP contribution in [0.5, 0.6) is 0 Å². The zero-order valence-corrected chi connectivity index (χ0v) is 16.3. The van der Waals surface area contributed by atoms with Crippen molar-refractivity contribution in [1.82, 2.24) is 0 Å². The van der Waals surface area contributed by atoms with Gasteiger partial charge < -0.3 is 0 Å². The van der Waals surface area contributed by atoms with Gasteiger partial charge in [-0.15, -0.1) is 0 Å². The smallest absolute Gasteiger partial charge is 0.214 e. The van der Waals surface area contributed by atoms with E-state index in [9.17, 15) is 0 Å². The summed E-state index contributed by atoms with van der Waals surface area (Å²) in [6.07, 6.45) is 0. The molecule has 104 valence electrons. The van der Waals surface area contributed by atoms with Gasteiger partial charge in [-0.25, -0.2) is 24.3 Å². The molecule has 0 fully saturated rings. The maximum Gasteiger partial charge on any atom is 2.00 e. The van der Waals surface area contributed by atoms with Gasteiger partial charge in [0.25, 0.3) is 0 Å². The Morgan fingerprint density at radius 3 is 0.842 bits per heavy atom. The van der Waals surface area contributed by atoms with E-state index in [2.05, 4.69) is 87.8 Å². The summed E-state index contributed by atoms with van der Waals surface area (Å²) >= 11 is 0. The molecule has 2 aromatic carbocycles. The van der Waals surface area contributed by atoms with Crippen LogP contribution < -0.4 is 10.4 Å². The fraction of sp³-hybridized carbons (Fsp3) is 0.375. The van der Waals surface area contributed by atoms with Gasteiger partial charge in [-0.2, -0.15) is 34.6 Å². The standard InChI is InChI=1S/2C8H13Si.Cr/c2*1-9(2,3)8-6-4-5-7-8;/h2*4-7H,1-3H3;/q2*-1;+2. The summed E-state index contributed by atoms with van der Waals surface area (Å²) in [6, 6.07) is 17.4. The van der Waals surface area contributed by atoms with Crippen molar-refractivity contribution >= 4 is 26.5 Å². The second kappa shape index (κ2) is 7.45. The average molecular weight is 327 g/mol. The average Bonchev–Trinajstić information content (AvgIpc) is 2.91. The van der Waals surface area contributed by atoms with Gasteiger partial charge in [0.2, 0.25) is 0 Å². The Hall–Kier alpha value is -0.334. The summed E-state index contributed by atoms with van der Waals surface area (Å²) in [6.45, 7) is 14.2. The van der Waals surface area contributed by atoms with E-state index >= 15 is 0 Å². The molecule has 2 aromatic rings. The van der Waals surface area contributed by atoms with Crippen LogP contribution in [0.15, 0.2) is 48.5 Å². The Morgan fingerprint density at radius 1 is 0.526 bits per heavy atom. The molecule has 0 spiro atoms. The van der Waals surface area contributed by atoms with Crippen molar-refractivity contribution in [3.63, 3.8) is 0 Å². The number of rotatable bonds is 2. The number of hydrogen-bond acceptors (Lipinski definition) is 0. The summed E-state index contributed by atoms with van der Waals surface area (Å²) in [5.74, 6) is 0. The Bertz CT molecular complexity index is 384. The molecule has 0 amide bonds. The largest absolute Gasteiger partial charge is 2.00 e. The van der Waals surface area contributed by atoms with Gasteiger partial charge >= 0.3 is 17.4 Å². The van der Waals surface area contributed by atoms with Gasteiger partial charge in [0.15, 0.2) is 0 Å². The van der Waals surface area contributed by atoms with Crippen molar-refractivity contribution in [2.24, 2.45) is 0 Å². The molecule has 0 unspecified atom stereocenters. The third-order valence-corrected chi connectivity index (χ3v) is 7.19. The molecule has 0 aliphatic rings. The van der Waals surface area contributed by atoms with Crippen molar-refractivity contribution in [1.29, 1.82) is 0 Å². The molecule has 19 heavy (non-hydrogen) atoms. The molecule has 0 radical (unpaired) electrons. The summed E-state index contributed by atoms with van der Waals surface area (Å²) in [7, 11) is -1.96. The van der Waals surface area contributed by atoms with E-state index in [0.29, 0.717) is 0 Å². The van der Waals surface area contributed by atoms with Crippen LogP contribution in [0.1, 0.15) is 0 Å². The molecular weight excluding hydrogens is 300 g/mol. The first-order chi connectivity index (χ1) is 8.21. The van der Waals surface area contributed by atoms with Crippen molar-refractivity contribution in [2.45, 2.75) is 39.3 Å². The molecule has 2 rings (SSSR count). The first kappa shape index (κ1) is 18.7. The van der Waals surface area contributed by atoms with Gasteiger partial charge in [0.1, 0.15) is 0 Å². The minimum Gasteiger partial charge on any atom is -0.214 e. The van der Waals surface area contributed by atoms with Gasteiger partial charge in [-0.3, -0.25) is 0 Å². The topological polar surface area (TPSA) is 0 Å². The van der Waals surface area contributed by atoms with E-state index in [4.69, 9.17) is 0 Å². The first-order valence-corrected chi connectivity index (χ1v) is 13.7. The van der Waals surface area contributed by atoms with Gasteiger partial charge in [0, 0.05) is 16.1 Å². The van der Waals surface area contributed by atoms with Gasteiger partial charge in [0.05, 0.1) is 0 Å². The van der Waals surface area contributed by atoms with Gasteiger partial charge in [-0.1, -0.05) is 39.3 Å². The normalized spacial score (nSPS) is 11.3. The molecule has 0 bridgehead atoms. The zero-order valence-electron chi connectivity index (χ0n) is 13.0. The summed E-state index contributed by atoms with van der Waals surface area (Å²) in [5.41, 5.74) is 0. The molecule has 0 aromatic heterocycles. The molecule has 0 aliphatic carbocycles. The molecule has 0 nitrogen and oxygen atoms in total. The van der Waals surface area contributed by atoms with Crippen LogP contribution in [0, 0.1) is 0 Å². The molecule has 0 saturated carbocycles. The molecule has 3 heteroatoms. The van der Waals surface area contributed by atoms with Crippen LogP contribution in [0.25, 0.3) is 0 Å². The second-order valence-corrected chi connectivity index (χ2v) is 17.0. The van der Waals surface area contributed by atoms with Crippen LogP contribution in [0.4, 0.5) is 0 Å². The van der Waals surface area contributed by atoms with Crippen molar-refractivity contribution < 1.29 is 17.4 Å².